The van der Waals surface area contributed by atoms with Crippen molar-refractivity contribution in [3.8, 4) is 11.3 Å². The van der Waals surface area contributed by atoms with Crippen molar-refractivity contribution in [2.45, 2.75) is 10.6 Å². The van der Waals surface area contributed by atoms with Crippen LogP contribution in [0.1, 0.15) is 5.01 Å². The summed E-state index contributed by atoms with van der Waals surface area (Å²) in [5.41, 5.74) is 8.67. The molecule has 0 unspecified atom stereocenters. The van der Waals surface area contributed by atoms with Gasteiger partial charge in [-0.3, -0.25) is 0 Å². The van der Waals surface area contributed by atoms with E-state index in [2.05, 4.69) is 34.6 Å². The molecule has 0 bridgehead atoms. The van der Waals surface area contributed by atoms with E-state index in [0.29, 0.717) is 0 Å². The summed E-state index contributed by atoms with van der Waals surface area (Å²) in [5, 5.41) is 3.23. The van der Waals surface area contributed by atoms with E-state index in [1.54, 1.807) is 11.3 Å². The van der Waals surface area contributed by atoms with Crippen molar-refractivity contribution in [3.63, 3.8) is 0 Å². The highest BCUT2D eigenvalue weighted by molar-refractivity contribution is 7.98. The van der Waals surface area contributed by atoms with Gasteiger partial charge < -0.3 is 5.73 Å². The molecule has 100 valence electrons. The third kappa shape index (κ3) is 3.21. The second-order valence-electron chi connectivity index (χ2n) is 4.35. The van der Waals surface area contributed by atoms with Crippen molar-refractivity contribution in [3.05, 3.63) is 65.0 Å². The van der Waals surface area contributed by atoms with Crippen molar-refractivity contribution in [1.29, 1.82) is 0 Å². The van der Waals surface area contributed by atoms with Crippen molar-refractivity contribution in [2.24, 2.45) is 0 Å². The molecule has 2 aromatic carbocycles. The minimum atomic E-state index is 0.774. The topological polar surface area (TPSA) is 38.9 Å². The van der Waals surface area contributed by atoms with Gasteiger partial charge in [0.05, 0.1) is 11.4 Å². The van der Waals surface area contributed by atoms with Crippen molar-refractivity contribution < 1.29 is 0 Å². The van der Waals surface area contributed by atoms with Crippen LogP contribution in [0, 0.1) is 0 Å². The minimum Gasteiger partial charge on any atom is -0.399 e. The van der Waals surface area contributed by atoms with Gasteiger partial charge in [-0.05, 0) is 24.3 Å². The summed E-state index contributed by atoms with van der Waals surface area (Å²) in [7, 11) is 0. The van der Waals surface area contributed by atoms with Crippen molar-refractivity contribution in [1.82, 2.24) is 4.98 Å². The van der Waals surface area contributed by atoms with Gasteiger partial charge in [0.1, 0.15) is 5.01 Å². The summed E-state index contributed by atoms with van der Waals surface area (Å²) < 4.78 is 0. The molecule has 2 nitrogen and oxygen atoms in total. The van der Waals surface area contributed by atoms with E-state index in [9.17, 15) is 0 Å². The first-order valence-corrected chi connectivity index (χ1v) is 8.16. The van der Waals surface area contributed by atoms with Crippen molar-refractivity contribution in [2.75, 3.05) is 5.73 Å². The molecular formula is C16H14N2S2. The molecule has 3 aromatic rings. The number of nitrogens with two attached hydrogens (primary N) is 1. The number of thiazole rings is 1. The van der Waals surface area contributed by atoms with E-state index in [0.717, 1.165) is 27.7 Å². The molecule has 0 saturated carbocycles. The zero-order chi connectivity index (χ0) is 13.8. The van der Waals surface area contributed by atoms with Crippen LogP contribution in [0.5, 0.6) is 0 Å². The first kappa shape index (κ1) is 13.2. The highest BCUT2D eigenvalue weighted by atomic mass is 32.2. The summed E-state index contributed by atoms with van der Waals surface area (Å²) >= 11 is 3.51. The van der Waals surface area contributed by atoms with Crippen LogP contribution in [-0.2, 0) is 5.75 Å². The predicted molar refractivity (Wildman–Crippen MR) is 88.0 cm³/mol. The van der Waals surface area contributed by atoms with Gasteiger partial charge in [0.25, 0.3) is 0 Å². The molecule has 0 aliphatic carbocycles. The first-order valence-electron chi connectivity index (χ1n) is 6.29. The van der Waals surface area contributed by atoms with Crippen LogP contribution in [0.4, 0.5) is 5.69 Å². The van der Waals surface area contributed by atoms with Crippen LogP contribution in [0.25, 0.3) is 11.3 Å². The van der Waals surface area contributed by atoms with Crippen molar-refractivity contribution >= 4 is 28.8 Å². The summed E-state index contributed by atoms with van der Waals surface area (Å²) in [6.45, 7) is 0. The average Bonchev–Trinajstić information content (AvgIpc) is 2.95. The van der Waals surface area contributed by atoms with E-state index in [1.165, 1.54) is 4.90 Å². The van der Waals surface area contributed by atoms with Gasteiger partial charge in [-0.1, -0.05) is 30.3 Å². The Morgan fingerprint density at radius 3 is 2.70 bits per heavy atom. The van der Waals surface area contributed by atoms with Crippen LogP contribution in [0.3, 0.4) is 0 Å². The molecule has 2 N–H and O–H groups in total. The van der Waals surface area contributed by atoms with Crippen LogP contribution in [0.15, 0.2) is 64.9 Å². The lowest BCUT2D eigenvalue weighted by atomic mass is 10.1. The maximum Gasteiger partial charge on any atom is 0.104 e. The Kier molecular flexibility index (Phi) is 4.04. The molecule has 0 radical (unpaired) electrons. The zero-order valence-corrected chi connectivity index (χ0v) is 12.5. The number of hydrogen-bond acceptors (Lipinski definition) is 4. The lowest BCUT2D eigenvalue weighted by Gasteiger charge is -1.99. The molecule has 0 aliphatic rings. The van der Waals surface area contributed by atoms with Gasteiger partial charge >= 0.3 is 0 Å². The number of rotatable bonds is 4. The fourth-order valence-electron chi connectivity index (χ4n) is 1.87. The molecule has 0 fully saturated rings. The molecule has 3 rings (SSSR count). The van der Waals surface area contributed by atoms with E-state index >= 15 is 0 Å². The lowest BCUT2D eigenvalue weighted by Crippen LogP contribution is -1.86. The Bertz CT molecular complexity index is 692. The molecular weight excluding hydrogens is 284 g/mol. The molecule has 0 amide bonds. The highest BCUT2D eigenvalue weighted by Gasteiger charge is 2.05. The Morgan fingerprint density at radius 1 is 1.05 bits per heavy atom. The summed E-state index contributed by atoms with van der Waals surface area (Å²) in [6, 6.07) is 18.2. The summed E-state index contributed by atoms with van der Waals surface area (Å²) in [6.07, 6.45) is 0. The Balaban J connectivity index is 1.71. The van der Waals surface area contributed by atoms with Gasteiger partial charge in [-0.15, -0.1) is 23.1 Å². The number of hydrogen-bond donors (Lipinski definition) is 1. The molecule has 1 aromatic heterocycles. The van der Waals surface area contributed by atoms with E-state index < -0.39 is 0 Å². The standard InChI is InChI=1S/C16H14N2S2/c17-13-6-4-5-12(9-13)15-10-20-16(18-15)11-19-14-7-2-1-3-8-14/h1-10H,11,17H2. The zero-order valence-electron chi connectivity index (χ0n) is 10.8. The van der Waals surface area contributed by atoms with Gasteiger partial charge in [0, 0.05) is 21.5 Å². The maximum atomic E-state index is 5.81. The molecule has 0 saturated heterocycles. The fourth-order valence-corrected chi connectivity index (χ4v) is 3.61. The predicted octanol–water partition coefficient (Wildman–Crippen LogP) is 4.68. The average molecular weight is 298 g/mol. The normalized spacial score (nSPS) is 10.6. The van der Waals surface area contributed by atoms with E-state index in [-0.39, 0.29) is 0 Å². The van der Waals surface area contributed by atoms with Gasteiger partial charge in [0.15, 0.2) is 0 Å². The number of nitrogens with zero attached hydrogens (tertiary/aromatic N) is 1. The SMILES string of the molecule is Nc1cccc(-c2csc(CSc3ccccc3)n2)c1. The Hall–Kier alpha value is -1.78. The van der Waals surface area contributed by atoms with Crippen LogP contribution >= 0.6 is 23.1 Å². The van der Waals surface area contributed by atoms with Crippen LogP contribution in [0.2, 0.25) is 0 Å². The monoisotopic (exact) mass is 298 g/mol. The lowest BCUT2D eigenvalue weighted by molar-refractivity contribution is 1.26. The number of thioether (sulfide) groups is 1. The second-order valence-corrected chi connectivity index (χ2v) is 6.35. The van der Waals surface area contributed by atoms with Crippen LogP contribution in [-0.4, -0.2) is 4.98 Å². The molecule has 0 spiro atoms. The Labute approximate surface area is 126 Å². The van der Waals surface area contributed by atoms with Gasteiger partial charge in [-0.25, -0.2) is 4.98 Å². The summed E-state index contributed by atoms with van der Waals surface area (Å²) in [4.78, 5) is 5.95. The molecule has 0 aliphatic heterocycles. The summed E-state index contributed by atoms with van der Waals surface area (Å²) in [5.74, 6) is 0.900. The van der Waals surface area contributed by atoms with E-state index in [1.807, 2.05) is 42.1 Å². The fraction of sp³-hybridized carbons (Fsp3) is 0.0625. The molecule has 1 heterocycles. The van der Waals surface area contributed by atoms with Crippen LogP contribution < -0.4 is 5.73 Å². The third-order valence-electron chi connectivity index (χ3n) is 2.84. The minimum absolute atomic E-state index is 0.774. The Morgan fingerprint density at radius 2 is 1.90 bits per heavy atom. The first-order chi connectivity index (χ1) is 9.81. The van der Waals surface area contributed by atoms with E-state index in [4.69, 9.17) is 5.73 Å². The largest absolute Gasteiger partial charge is 0.399 e. The number of aromatic nitrogens is 1. The second kappa shape index (κ2) is 6.11. The highest BCUT2D eigenvalue weighted by Crippen LogP contribution is 2.28. The number of benzene rings is 2. The molecule has 4 heteroatoms. The molecule has 0 atom stereocenters. The third-order valence-corrected chi connectivity index (χ3v) is 4.89. The smallest absolute Gasteiger partial charge is 0.104 e. The van der Waals surface area contributed by atoms with Gasteiger partial charge in [-0.2, -0.15) is 0 Å². The molecule has 20 heavy (non-hydrogen) atoms. The maximum absolute atomic E-state index is 5.81. The number of anilines is 1. The quantitative estimate of drug-likeness (QED) is 0.561. The van der Waals surface area contributed by atoms with Gasteiger partial charge in [0.2, 0.25) is 0 Å². The number of nitrogen functional groups attached to an aromatic ring is 1.